The molecule has 0 spiro atoms. The van der Waals surface area contributed by atoms with Crippen molar-refractivity contribution in [2.24, 2.45) is 0 Å². The number of fused-ring (bicyclic) bond motifs is 1. The van der Waals surface area contributed by atoms with Crippen molar-refractivity contribution >= 4 is 5.69 Å². The maximum absolute atomic E-state index is 5.53. The number of pyridine rings is 2. The summed E-state index contributed by atoms with van der Waals surface area (Å²) in [6.07, 6.45) is 6.42. The van der Waals surface area contributed by atoms with Gasteiger partial charge in [-0.05, 0) is 50.5 Å². The first kappa shape index (κ1) is 17.5. The standard InChI is InChI=1S/C21H21N7O/c1-12-8-16(4-6-22-12)28-7-5-17-15(11-28)9-23-14(3)19(17)20-25-21(29-27-20)18-10-24-26-13(18)2/h4,6,8-10H,5,7,11H2,1-3H3,(H,24,26). The summed E-state index contributed by atoms with van der Waals surface area (Å²) in [4.78, 5) is 15.9. The summed E-state index contributed by atoms with van der Waals surface area (Å²) >= 11 is 0. The molecule has 0 aromatic carbocycles. The van der Waals surface area contributed by atoms with Crippen molar-refractivity contribution in [2.75, 3.05) is 11.4 Å². The normalized spacial score (nSPS) is 13.6. The molecule has 0 saturated heterocycles. The number of aromatic amines is 1. The maximum Gasteiger partial charge on any atom is 0.261 e. The number of anilines is 1. The first-order valence-electron chi connectivity index (χ1n) is 9.59. The lowest BCUT2D eigenvalue weighted by atomic mass is 9.94. The summed E-state index contributed by atoms with van der Waals surface area (Å²) in [5.41, 5.74) is 8.24. The van der Waals surface area contributed by atoms with Gasteiger partial charge >= 0.3 is 0 Å². The van der Waals surface area contributed by atoms with Gasteiger partial charge in [0, 0.05) is 53.8 Å². The number of nitrogens with zero attached hydrogens (tertiary/aromatic N) is 6. The van der Waals surface area contributed by atoms with Crippen molar-refractivity contribution in [3.05, 3.63) is 58.9 Å². The summed E-state index contributed by atoms with van der Waals surface area (Å²) in [7, 11) is 0. The summed E-state index contributed by atoms with van der Waals surface area (Å²) in [6, 6.07) is 4.17. The Morgan fingerprint density at radius 1 is 1.14 bits per heavy atom. The highest BCUT2D eigenvalue weighted by Crippen LogP contribution is 2.33. The van der Waals surface area contributed by atoms with Crippen LogP contribution in [0.25, 0.3) is 22.8 Å². The van der Waals surface area contributed by atoms with Crippen LogP contribution in [0.15, 0.2) is 35.2 Å². The number of aromatic nitrogens is 6. The molecule has 0 unspecified atom stereocenters. The molecule has 0 aliphatic carbocycles. The molecule has 4 aromatic heterocycles. The van der Waals surface area contributed by atoms with Crippen LogP contribution in [0.2, 0.25) is 0 Å². The van der Waals surface area contributed by atoms with Gasteiger partial charge in [-0.1, -0.05) is 5.16 Å². The van der Waals surface area contributed by atoms with Crippen molar-refractivity contribution in [1.82, 2.24) is 30.3 Å². The van der Waals surface area contributed by atoms with Crippen LogP contribution >= 0.6 is 0 Å². The van der Waals surface area contributed by atoms with Crippen LogP contribution in [0.3, 0.4) is 0 Å². The van der Waals surface area contributed by atoms with Crippen LogP contribution in [-0.4, -0.2) is 36.9 Å². The molecule has 146 valence electrons. The van der Waals surface area contributed by atoms with Crippen molar-refractivity contribution < 1.29 is 4.52 Å². The van der Waals surface area contributed by atoms with Crippen molar-refractivity contribution in [1.29, 1.82) is 0 Å². The minimum atomic E-state index is 0.466. The molecule has 0 radical (unpaired) electrons. The van der Waals surface area contributed by atoms with Crippen LogP contribution in [0.4, 0.5) is 5.69 Å². The zero-order chi connectivity index (χ0) is 20.0. The molecule has 0 amide bonds. The summed E-state index contributed by atoms with van der Waals surface area (Å²) < 4.78 is 5.53. The van der Waals surface area contributed by atoms with Crippen LogP contribution < -0.4 is 4.90 Å². The summed E-state index contributed by atoms with van der Waals surface area (Å²) in [5, 5.41) is 11.2. The molecule has 0 saturated carbocycles. The van der Waals surface area contributed by atoms with Crippen LogP contribution in [0.5, 0.6) is 0 Å². The highest BCUT2D eigenvalue weighted by atomic mass is 16.5. The highest BCUT2D eigenvalue weighted by molar-refractivity contribution is 5.68. The van der Waals surface area contributed by atoms with E-state index < -0.39 is 0 Å². The molecule has 0 atom stereocenters. The molecule has 8 nitrogen and oxygen atoms in total. The average molecular weight is 387 g/mol. The van der Waals surface area contributed by atoms with Crippen LogP contribution in [-0.2, 0) is 13.0 Å². The molecule has 5 rings (SSSR count). The quantitative estimate of drug-likeness (QED) is 0.575. The molecule has 5 heterocycles. The second-order valence-corrected chi connectivity index (χ2v) is 7.38. The Morgan fingerprint density at radius 2 is 2.03 bits per heavy atom. The van der Waals surface area contributed by atoms with Gasteiger partial charge < -0.3 is 9.42 Å². The topological polar surface area (TPSA) is 96.6 Å². The molecule has 1 aliphatic rings. The van der Waals surface area contributed by atoms with Gasteiger partial charge in [-0.3, -0.25) is 15.1 Å². The predicted molar refractivity (Wildman–Crippen MR) is 108 cm³/mol. The fourth-order valence-electron chi connectivity index (χ4n) is 3.89. The number of aryl methyl sites for hydroxylation is 3. The molecule has 4 aromatic rings. The van der Waals surface area contributed by atoms with Gasteiger partial charge in [0.2, 0.25) is 5.82 Å². The molecule has 0 bridgehead atoms. The number of H-pyrrole nitrogens is 1. The van der Waals surface area contributed by atoms with Gasteiger partial charge in [0.25, 0.3) is 5.89 Å². The highest BCUT2D eigenvalue weighted by Gasteiger charge is 2.25. The minimum absolute atomic E-state index is 0.466. The Balaban J connectivity index is 1.51. The molecule has 1 aliphatic heterocycles. The van der Waals surface area contributed by atoms with Crippen molar-refractivity contribution in [3.8, 4) is 22.8 Å². The smallest absolute Gasteiger partial charge is 0.261 e. The Hall–Kier alpha value is -3.55. The fraction of sp³-hybridized carbons (Fsp3) is 0.286. The molecule has 8 heteroatoms. The SMILES string of the molecule is Cc1cc(N2CCc3c(cnc(C)c3-c3noc(-c4cn[nH]c4C)n3)C2)ccn1. The second-order valence-electron chi connectivity index (χ2n) is 7.38. The Morgan fingerprint density at radius 3 is 2.83 bits per heavy atom. The zero-order valence-corrected chi connectivity index (χ0v) is 16.6. The van der Waals surface area contributed by atoms with Gasteiger partial charge in [-0.15, -0.1) is 0 Å². The Labute approximate surface area is 168 Å². The van der Waals surface area contributed by atoms with E-state index in [1.54, 1.807) is 6.20 Å². The van der Waals surface area contributed by atoms with Crippen molar-refractivity contribution in [3.63, 3.8) is 0 Å². The van der Waals surface area contributed by atoms with E-state index in [9.17, 15) is 0 Å². The predicted octanol–water partition coefficient (Wildman–Crippen LogP) is 3.40. The molecular formula is C21H21N7O. The number of hydrogen-bond acceptors (Lipinski definition) is 7. The molecule has 1 N–H and O–H groups in total. The zero-order valence-electron chi connectivity index (χ0n) is 16.6. The van der Waals surface area contributed by atoms with E-state index in [0.717, 1.165) is 47.7 Å². The van der Waals surface area contributed by atoms with Gasteiger partial charge in [0.15, 0.2) is 0 Å². The largest absolute Gasteiger partial charge is 0.367 e. The lowest BCUT2D eigenvalue weighted by Gasteiger charge is -2.31. The lowest BCUT2D eigenvalue weighted by Crippen LogP contribution is -2.31. The van der Waals surface area contributed by atoms with E-state index >= 15 is 0 Å². The first-order valence-corrected chi connectivity index (χ1v) is 9.59. The van der Waals surface area contributed by atoms with E-state index in [1.807, 2.05) is 33.2 Å². The Kier molecular flexibility index (Phi) is 4.12. The lowest BCUT2D eigenvalue weighted by molar-refractivity contribution is 0.432. The second kappa shape index (κ2) is 6.80. The summed E-state index contributed by atoms with van der Waals surface area (Å²) in [6.45, 7) is 7.65. The third kappa shape index (κ3) is 3.06. The van der Waals surface area contributed by atoms with E-state index in [1.165, 1.54) is 16.8 Å². The third-order valence-corrected chi connectivity index (χ3v) is 5.41. The monoisotopic (exact) mass is 387 g/mol. The van der Waals surface area contributed by atoms with Gasteiger partial charge in [0.05, 0.1) is 11.8 Å². The first-order chi connectivity index (χ1) is 14.1. The third-order valence-electron chi connectivity index (χ3n) is 5.41. The van der Waals surface area contributed by atoms with Crippen LogP contribution in [0, 0.1) is 20.8 Å². The van der Waals surface area contributed by atoms with Gasteiger partial charge in [0.1, 0.15) is 0 Å². The molecule has 0 fully saturated rings. The number of rotatable bonds is 3. The van der Waals surface area contributed by atoms with E-state index in [0.29, 0.717) is 11.7 Å². The summed E-state index contributed by atoms with van der Waals surface area (Å²) in [5.74, 6) is 1.05. The van der Waals surface area contributed by atoms with Crippen LogP contribution in [0.1, 0.15) is 28.2 Å². The minimum Gasteiger partial charge on any atom is -0.367 e. The fourth-order valence-corrected chi connectivity index (χ4v) is 3.89. The van der Waals surface area contributed by atoms with Gasteiger partial charge in [-0.25, -0.2) is 0 Å². The number of hydrogen-bond donors (Lipinski definition) is 1. The van der Waals surface area contributed by atoms with Crippen molar-refractivity contribution in [2.45, 2.75) is 33.7 Å². The molecular weight excluding hydrogens is 366 g/mol. The van der Waals surface area contributed by atoms with E-state index in [2.05, 4.69) is 47.3 Å². The maximum atomic E-state index is 5.53. The van der Waals surface area contributed by atoms with E-state index in [4.69, 9.17) is 4.52 Å². The van der Waals surface area contributed by atoms with E-state index in [-0.39, 0.29) is 0 Å². The Bertz CT molecular complexity index is 1190. The van der Waals surface area contributed by atoms with Gasteiger partial charge in [-0.2, -0.15) is 10.1 Å². The molecule has 29 heavy (non-hydrogen) atoms. The number of nitrogens with one attached hydrogen (secondary N) is 1. The average Bonchev–Trinajstić information content (AvgIpc) is 3.36.